The molecular formula is C11H14FN5O3. The molecule has 0 spiro atoms. The van der Waals surface area contributed by atoms with Crippen molar-refractivity contribution in [3.63, 3.8) is 0 Å². The monoisotopic (exact) mass is 283 g/mol. The third kappa shape index (κ3) is 1.67. The van der Waals surface area contributed by atoms with Gasteiger partial charge in [-0.25, -0.2) is 19.3 Å². The molecule has 0 radical (unpaired) electrons. The van der Waals surface area contributed by atoms with Crippen LogP contribution in [0.4, 0.5) is 10.2 Å². The number of rotatable bonds is 2. The van der Waals surface area contributed by atoms with Crippen molar-refractivity contribution in [2.45, 2.75) is 31.0 Å². The number of nitrogen functional groups attached to an aromatic ring is 1. The van der Waals surface area contributed by atoms with Gasteiger partial charge in [-0.15, -0.1) is 0 Å². The fourth-order valence-corrected chi connectivity index (χ4v) is 2.40. The first-order chi connectivity index (χ1) is 9.46. The molecular weight excluding hydrogens is 269 g/mol. The molecule has 1 aliphatic heterocycles. The average molecular weight is 283 g/mol. The summed E-state index contributed by atoms with van der Waals surface area (Å²) >= 11 is 0. The first kappa shape index (κ1) is 13.2. The quantitative estimate of drug-likeness (QED) is 0.672. The molecule has 20 heavy (non-hydrogen) atoms. The van der Waals surface area contributed by atoms with Crippen LogP contribution in [0.3, 0.4) is 0 Å². The van der Waals surface area contributed by atoms with Crippen LogP contribution in [0.5, 0.6) is 0 Å². The average Bonchev–Trinajstić information content (AvgIpc) is 2.92. The van der Waals surface area contributed by atoms with Gasteiger partial charge >= 0.3 is 0 Å². The molecule has 0 bridgehead atoms. The van der Waals surface area contributed by atoms with Crippen molar-refractivity contribution in [3.8, 4) is 0 Å². The molecule has 9 heteroatoms. The molecule has 0 aliphatic carbocycles. The fourth-order valence-electron chi connectivity index (χ4n) is 2.40. The minimum absolute atomic E-state index is 0.173. The van der Waals surface area contributed by atoms with Crippen LogP contribution in [0, 0.1) is 0 Å². The molecule has 8 nitrogen and oxygen atoms in total. The number of nitrogens with two attached hydrogens (primary N) is 1. The molecule has 1 saturated heterocycles. The Balaban J connectivity index is 2.10. The number of ether oxygens (including phenoxy) is 1. The number of halogens is 1. The van der Waals surface area contributed by atoms with Crippen molar-refractivity contribution in [3.05, 3.63) is 12.7 Å². The minimum Gasteiger partial charge on any atom is -0.394 e. The number of anilines is 1. The summed E-state index contributed by atoms with van der Waals surface area (Å²) in [7, 11) is 0. The van der Waals surface area contributed by atoms with E-state index in [0.717, 1.165) is 0 Å². The van der Waals surface area contributed by atoms with Gasteiger partial charge in [0.25, 0.3) is 0 Å². The van der Waals surface area contributed by atoms with E-state index in [4.69, 9.17) is 15.6 Å². The molecule has 3 rings (SSSR count). The lowest BCUT2D eigenvalue weighted by molar-refractivity contribution is -0.0566. The second-order valence-corrected chi connectivity index (χ2v) is 4.89. The number of aromatic nitrogens is 4. The van der Waals surface area contributed by atoms with Gasteiger partial charge in [-0.2, -0.15) is 0 Å². The summed E-state index contributed by atoms with van der Waals surface area (Å²) in [5.41, 5.74) is 4.20. The second-order valence-electron chi connectivity index (χ2n) is 4.89. The summed E-state index contributed by atoms with van der Waals surface area (Å²) < 4.78 is 21.4. The predicted octanol–water partition coefficient (Wildman–Crippen LogP) is -0.613. The maximum atomic E-state index is 14.7. The summed E-state index contributed by atoms with van der Waals surface area (Å²) in [6.07, 6.45) is -1.06. The fraction of sp³-hybridized carbons (Fsp3) is 0.545. The van der Waals surface area contributed by atoms with Gasteiger partial charge < -0.3 is 20.7 Å². The summed E-state index contributed by atoms with van der Waals surface area (Å²) in [4.78, 5) is 11.8. The van der Waals surface area contributed by atoms with Crippen LogP contribution in [0.15, 0.2) is 12.7 Å². The highest BCUT2D eigenvalue weighted by molar-refractivity contribution is 5.81. The molecule has 4 atom stereocenters. The van der Waals surface area contributed by atoms with Gasteiger partial charge in [0.15, 0.2) is 23.4 Å². The highest BCUT2D eigenvalue weighted by Crippen LogP contribution is 2.42. The van der Waals surface area contributed by atoms with Crippen LogP contribution in [-0.4, -0.2) is 54.2 Å². The topological polar surface area (TPSA) is 119 Å². The van der Waals surface area contributed by atoms with Gasteiger partial charge in [-0.05, 0) is 6.92 Å². The second kappa shape index (κ2) is 4.33. The first-order valence-electron chi connectivity index (χ1n) is 6.03. The largest absolute Gasteiger partial charge is 0.394 e. The van der Waals surface area contributed by atoms with Crippen LogP contribution in [0.2, 0.25) is 0 Å². The van der Waals surface area contributed by atoms with E-state index in [0.29, 0.717) is 11.2 Å². The van der Waals surface area contributed by atoms with Crippen LogP contribution in [0.25, 0.3) is 11.2 Å². The Bertz CT molecular complexity index is 646. The number of fused-ring (bicyclic) bond motifs is 1. The predicted molar refractivity (Wildman–Crippen MR) is 66.3 cm³/mol. The van der Waals surface area contributed by atoms with E-state index >= 15 is 0 Å². The lowest BCUT2D eigenvalue weighted by atomic mass is 9.98. The van der Waals surface area contributed by atoms with Gasteiger partial charge in [-0.1, -0.05) is 0 Å². The van der Waals surface area contributed by atoms with Crippen molar-refractivity contribution >= 4 is 17.0 Å². The van der Waals surface area contributed by atoms with E-state index < -0.39 is 30.7 Å². The van der Waals surface area contributed by atoms with E-state index in [9.17, 15) is 9.50 Å². The van der Waals surface area contributed by atoms with E-state index in [-0.39, 0.29) is 5.82 Å². The van der Waals surface area contributed by atoms with Crippen LogP contribution < -0.4 is 5.73 Å². The van der Waals surface area contributed by atoms with Crippen LogP contribution >= 0.6 is 0 Å². The molecule has 1 fully saturated rings. The van der Waals surface area contributed by atoms with Gasteiger partial charge in [-0.3, -0.25) is 4.57 Å². The number of hydrogen-bond acceptors (Lipinski definition) is 7. The Kier molecular flexibility index (Phi) is 2.85. The standard InChI is InChI=1S/C11H14FN5O3/c1-11(12)7(19)5(2-18)20-10(11)17-4-16-6-8(13)14-3-15-9(6)17/h3-5,7,10,18-19H,2H2,1H3,(H2,13,14,15)/t5-,7-,10+,11-/m1/s1. The Morgan fingerprint density at radius 3 is 2.90 bits per heavy atom. The smallest absolute Gasteiger partial charge is 0.181 e. The molecule has 108 valence electrons. The van der Waals surface area contributed by atoms with E-state index in [1.807, 2.05) is 0 Å². The molecule has 0 saturated carbocycles. The Hall–Kier alpha value is -1.84. The summed E-state index contributed by atoms with van der Waals surface area (Å²) in [6.45, 7) is 0.718. The molecule has 0 aromatic carbocycles. The van der Waals surface area contributed by atoms with Crippen molar-refractivity contribution < 1.29 is 19.3 Å². The molecule has 0 unspecified atom stereocenters. The molecule has 3 heterocycles. The maximum absolute atomic E-state index is 14.7. The summed E-state index contributed by atoms with van der Waals surface area (Å²) in [6, 6.07) is 0. The zero-order valence-corrected chi connectivity index (χ0v) is 10.6. The van der Waals surface area contributed by atoms with E-state index in [2.05, 4.69) is 15.0 Å². The highest BCUT2D eigenvalue weighted by Gasteiger charge is 2.55. The normalized spacial score (nSPS) is 33.9. The molecule has 1 aliphatic rings. The molecule has 2 aromatic heterocycles. The molecule has 0 amide bonds. The summed E-state index contributed by atoms with van der Waals surface area (Å²) in [5.74, 6) is 0.173. The van der Waals surface area contributed by atoms with Crippen LogP contribution in [-0.2, 0) is 4.74 Å². The molecule has 2 aromatic rings. The number of hydrogen-bond donors (Lipinski definition) is 3. The third-order valence-electron chi connectivity index (χ3n) is 3.54. The Morgan fingerprint density at radius 2 is 2.25 bits per heavy atom. The lowest BCUT2D eigenvalue weighted by Gasteiger charge is -2.24. The summed E-state index contributed by atoms with van der Waals surface area (Å²) in [5, 5.41) is 19.0. The Labute approximate surface area is 113 Å². The third-order valence-corrected chi connectivity index (χ3v) is 3.54. The first-order valence-corrected chi connectivity index (χ1v) is 6.03. The Morgan fingerprint density at radius 1 is 1.50 bits per heavy atom. The number of aliphatic hydroxyl groups excluding tert-OH is 2. The van der Waals surface area contributed by atoms with Gasteiger partial charge in [0.05, 0.1) is 12.9 Å². The number of alkyl halides is 1. The van der Waals surface area contributed by atoms with Gasteiger partial charge in [0.1, 0.15) is 24.1 Å². The zero-order valence-electron chi connectivity index (χ0n) is 10.6. The van der Waals surface area contributed by atoms with E-state index in [1.54, 1.807) is 0 Å². The van der Waals surface area contributed by atoms with Crippen LogP contribution in [0.1, 0.15) is 13.2 Å². The maximum Gasteiger partial charge on any atom is 0.181 e. The molecule has 4 N–H and O–H groups in total. The van der Waals surface area contributed by atoms with E-state index in [1.165, 1.54) is 24.1 Å². The number of nitrogens with zero attached hydrogens (tertiary/aromatic N) is 4. The van der Waals surface area contributed by atoms with Crippen molar-refractivity contribution in [2.75, 3.05) is 12.3 Å². The zero-order chi connectivity index (χ0) is 14.5. The van der Waals surface area contributed by atoms with Gasteiger partial charge in [0, 0.05) is 0 Å². The SMILES string of the molecule is C[C@@]1(F)[C@H](O)[C@@H](CO)O[C@@H]1n1cnc2c(N)ncnc21. The number of imidazole rings is 1. The lowest BCUT2D eigenvalue weighted by Crippen LogP contribution is -2.40. The van der Waals surface area contributed by atoms with Crippen molar-refractivity contribution in [1.82, 2.24) is 19.5 Å². The van der Waals surface area contributed by atoms with Crippen molar-refractivity contribution in [2.24, 2.45) is 0 Å². The van der Waals surface area contributed by atoms with Gasteiger partial charge in [0.2, 0.25) is 0 Å². The van der Waals surface area contributed by atoms with Crippen molar-refractivity contribution in [1.29, 1.82) is 0 Å². The number of aliphatic hydroxyl groups is 2. The minimum atomic E-state index is -2.10. The highest BCUT2D eigenvalue weighted by atomic mass is 19.1.